The molecule has 0 aliphatic carbocycles. The predicted molar refractivity (Wildman–Crippen MR) is 73.6 cm³/mol. The van der Waals surface area contributed by atoms with Crippen molar-refractivity contribution in [1.82, 2.24) is 0 Å². The van der Waals surface area contributed by atoms with Crippen LogP contribution in [0.3, 0.4) is 0 Å². The number of hydrogen-bond acceptors (Lipinski definition) is 4. The fraction of sp³-hybridized carbons (Fsp3) is 0.385. The van der Waals surface area contributed by atoms with Gasteiger partial charge in [-0.2, -0.15) is 0 Å². The van der Waals surface area contributed by atoms with E-state index in [1.165, 1.54) is 24.1 Å². The molecule has 0 aromatic heterocycles. The van der Waals surface area contributed by atoms with Crippen molar-refractivity contribution in [3.05, 3.63) is 29.8 Å². The summed E-state index contributed by atoms with van der Waals surface area (Å²) < 4.78 is 22.8. The Morgan fingerprint density at radius 1 is 1.30 bits per heavy atom. The molecule has 6 nitrogen and oxygen atoms in total. The third-order valence-electron chi connectivity index (χ3n) is 3.41. The Morgan fingerprint density at radius 3 is 2.50 bits per heavy atom. The van der Waals surface area contributed by atoms with Gasteiger partial charge in [-0.1, -0.05) is 12.1 Å². The van der Waals surface area contributed by atoms with Gasteiger partial charge in [0.15, 0.2) is 9.84 Å². The zero-order chi connectivity index (χ0) is 14.9. The van der Waals surface area contributed by atoms with Crippen molar-refractivity contribution >= 4 is 27.4 Å². The lowest BCUT2D eigenvalue weighted by atomic mass is 10.1. The van der Waals surface area contributed by atoms with Crippen molar-refractivity contribution in [3.8, 4) is 0 Å². The number of rotatable bonds is 3. The maximum Gasteiger partial charge on any atom is 0.337 e. The standard InChI is InChI=1S/C13H15NO5S/c1-14(11-5-3-2-4-10(11)13(16)17)12(15)9-6-7-20(18,19)8-9/h2-5,9H,6-8H2,1H3,(H,16,17). The Labute approximate surface area is 116 Å². The Kier molecular flexibility index (Phi) is 3.80. The van der Waals surface area contributed by atoms with E-state index < -0.39 is 21.7 Å². The molecule has 7 heteroatoms. The lowest BCUT2D eigenvalue weighted by molar-refractivity contribution is -0.121. The zero-order valence-corrected chi connectivity index (χ0v) is 11.8. The maximum atomic E-state index is 12.3. The number of para-hydroxylation sites is 1. The SMILES string of the molecule is CN(C(=O)C1CCS(=O)(=O)C1)c1ccccc1C(=O)O. The summed E-state index contributed by atoms with van der Waals surface area (Å²) >= 11 is 0. The quantitative estimate of drug-likeness (QED) is 0.890. The van der Waals surface area contributed by atoms with Gasteiger partial charge in [-0.3, -0.25) is 4.79 Å². The number of sulfone groups is 1. The molecule has 1 aliphatic heterocycles. The first-order valence-electron chi connectivity index (χ1n) is 6.12. The van der Waals surface area contributed by atoms with Gasteiger partial charge in [-0.15, -0.1) is 0 Å². The van der Waals surface area contributed by atoms with Crippen molar-refractivity contribution in [2.45, 2.75) is 6.42 Å². The number of carbonyl (C=O) groups excluding carboxylic acids is 1. The largest absolute Gasteiger partial charge is 0.478 e. The summed E-state index contributed by atoms with van der Waals surface area (Å²) in [4.78, 5) is 24.6. The van der Waals surface area contributed by atoms with Crippen LogP contribution in [0, 0.1) is 5.92 Å². The van der Waals surface area contributed by atoms with E-state index in [0.717, 1.165) is 0 Å². The van der Waals surface area contributed by atoms with Crippen LogP contribution in [0.25, 0.3) is 0 Å². The van der Waals surface area contributed by atoms with Gasteiger partial charge in [0.1, 0.15) is 0 Å². The van der Waals surface area contributed by atoms with E-state index in [0.29, 0.717) is 6.42 Å². The Balaban J connectivity index is 2.26. The first-order valence-corrected chi connectivity index (χ1v) is 7.94. The van der Waals surface area contributed by atoms with Crippen LogP contribution in [-0.2, 0) is 14.6 Å². The van der Waals surface area contributed by atoms with E-state index in [9.17, 15) is 18.0 Å². The molecule has 0 saturated carbocycles. The second-order valence-electron chi connectivity index (χ2n) is 4.82. The van der Waals surface area contributed by atoms with E-state index in [4.69, 9.17) is 5.11 Å². The molecule has 1 aliphatic rings. The van der Waals surface area contributed by atoms with Crippen LogP contribution < -0.4 is 4.90 Å². The summed E-state index contributed by atoms with van der Waals surface area (Å²) in [5.41, 5.74) is 0.290. The first kappa shape index (κ1) is 14.5. The molecule has 1 saturated heterocycles. The summed E-state index contributed by atoms with van der Waals surface area (Å²) in [5.74, 6) is -2.23. The highest BCUT2D eigenvalue weighted by atomic mass is 32.2. The topological polar surface area (TPSA) is 91.8 Å². The number of aromatic carboxylic acids is 1. The summed E-state index contributed by atoms with van der Waals surface area (Å²) in [6, 6.07) is 6.15. The smallest absolute Gasteiger partial charge is 0.337 e. The van der Waals surface area contributed by atoms with Crippen LogP contribution in [0.1, 0.15) is 16.8 Å². The van der Waals surface area contributed by atoms with E-state index >= 15 is 0 Å². The van der Waals surface area contributed by atoms with E-state index in [1.54, 1.807) is 12.1 Å². The molecule has 1 heterocycles. The van der Waals surface area contributed by atoms with Crippen molar-refractivity contribution in [3.63, 3.8) is 0 Å². The minimum absolute atomic E-state index is 0.0117. The van der Waals surface area contributed by atoms with Crippen molar-refractivity contribution < 1.29 is 23.1 Å². The fourth-order valence-corrected chi connectivity index (χ4v) is 4.06. The molecule has 0 radical (unpaired) electrons. The minimum atomic E-state index is -3.15. The van der Waals surface area contributed by atoms with Crippen LogP contribution in [-0.4, -0.2) is 44.0 Å². The molecule has 0 spiro atoms. The molecule has 1 atom stereocenters. The number of nitrogens with zero attached hydrogens (tertiary/aromatic N) is 1. The highest BCUT2D eigenvalue weighted by Crippen LogP contribution is 2.25. The van der Waals surface area contributed by atoms with Gasteiger partial charge in [0, 0.05) is 7.05 Å². The second kappa shape index (κ2) is 5.24. The van der Waals surface area contributed by atoms with Gasteiger partial charge in [0.25, 0.3) is 0 Å². The average molecular weight is 297 g/mol. The van der Waals surface area contributed by atoms with Crippen LogP contribution in [0.4, 0.5) is 5.69 Å². The number of amides is 1. The average Bonchev–Trinajstić information content (AvgIpc) is 2.77. The van der Waals surface area contributed by atoms with Gasteiger partial charge < -0.3 is 10.0 Å². The summed E-state index contributed by atoms with van der Waals surface area (Å²) in [5, 5.41) is 9.11. The van der Waals surface area contributed by atoms with Gasteiger partial charge in [-0.05, 0) is 18.6 Å². The van der Waals surface area contributed by atoms with Crippen molar-refractivity contribution in [1.29, 1.82) is 0 Å². The molecule has 108 valence electrons. The fourth-order valence-electron chi connectivity index (χ4n) is 2.33. The molecule has 1 fully saturated rings. The molecular formula is C13H15NO5S. The number of carboxylic acids is 1. The highest BCUT2D eigenvalue weighted by molar-refractivity contribution is 7.91. The van der Waals surface area contributed by atoms with Crippen LogP contribution in [0.5, 0.6) is 0 Å². The normalized spacial score (nSPS) is 20.6. The lowest BCUT2D eigenvalue weighted by Gasteiger charge is -2.22. The van der Waals surface area contributed by atoms with E-state index in [1.807, 2.05) is 0 Å². The number of hydrogen-bond donors (Lipinski definition) is 1. The van der Waals surface area contributed by atoms with Gasteiger partial charge in [0.05, 0.1) is 28.7 Å². The molecule has 1 amide bonds. The van der Waals surface area contributed by atoms with Crippen LogP contribution >= 0.6 is 0 Å². The van der Waals surface area contributed by atoms with Crippen LogP contribution in [0.15, 0.2) is 24.3 Å². The predicted octanol–water partition coefficient (Wildman–Crippen LogP) is 0.782. The number of anilines is 1. The first-order chi connectivity index (χ1) is 9.32. The summed E-state index contributed by atoms with van der Waals surface area (Å²) in [7, 11) is -1.68. The summed E-state index contributed by atoms with van der Waals surface area (Å²) in [6.45, 7) is 0. The number of carbonyl (C=O) groups is 2. The van der Waals surface area contributed by atoms with Crippen LogP contribution in [0.2, 0.25) is 0 Å². The van der Waals surface area contributed by atoms with Gasteiger partial charge in [-0.25, -0.2) is 13.2 Å². The van der Waals surface area contributed by atoms with E-state index in [2.05, 4.69) is 0 Å². The van der Waals surface area contributed by atoms with Gasteiger partial charge >= 0.3 is 5.97 Å². The van der Waals surface area contributed by atoms with E-state index in [-0.39, 0.29) is 28.7 Å². The highest BCUT2D eigenvalue weighted by Gasteiger charge is 2.35. The lowest BCUT2D eigenvalue weighted by Crippen LogP contribution is -2.34. The Hall–Kier alpha value is -1.89. The van der Waals surface area contributed by atoms with Crippen molar-refractivity contribution in [2.75, 3.05) is 23.5 Å². The monoisotopic (exact) mass is 297 g/mol. The molecule has 2 rings (SSSR count). The third kappa shape index (κ3) is 2.82. The molecular weight excluding hydrogens is 282 g/mol. The molecule has 1 unspecified atom stereocenters. The zero-order valence-electron chi connectivity index (χ0n) is 10.9. The maximum absolute atomic E-state index is 12.3. The summed E-state index contributed by atoms with van der Waals surface area (Å²) in [6.07, 6.45) is 0.292. The molecule has 1 N–H and O–H groups in total. The van der Waals surface area contributed by atoms with Crippen molar-refractivity contribution in [2.24, 2.45) is 5.92 Å². The Bertz CT molecular complexity index is 652. The number of carboxylic acid groups (broad SMARTS) is 1. The minimum Gasteiger partial charge on any atom is -0.478 e. The number of benzene rings is 1. The molecule has 1 aromatic rings. The molecule has 0 bridgehead atoms. The Morgan fingerprint density at radius 2 is 1.95 bits per heavy atom. The third-order valence-corrected chi connectivity index (χ3v) is 5.18. The molecule has 1 aromatic carbocycles. The van der Waals surface area contributed by atoms with Gasteiger partial charge in [0.2, 0.25) is 5.91 Å². The molecule has 20 heavy (non-hydrogen) atoms. The second-order valence-corrected chi connectivity index (χ2v) is 7.05.